The largest absolute Gasteiger partial charge is 0.339 e. The fourth-order valence-electron chi connectivity index (χ4n) is 3.87. The van der Waals surface area contributed by atoms with E-state index in [-0.39, 0.29) is 5.54 Å². The number of fused-ring (bicyclic) bond motifs is 4. The van der Waals surface area contributed by atoms with E-state index in [1.807, 2.05) is 0 Å². The van der Waals surface area contributed by atoms with Crippen LogP contribution in [0.25, 0.3) is 0 Å². The Bertz CT molecular complexity index is 526. The SMILES string of the molecule is CC1C=C2CC(C2)CC(C)(NCc2noc(C(C)C)n2)C1. The lowest BCUT2D eigenvalue weighted by atomic mass is 9.67. The molecule has 2 bridgehead atoms. The van der Waals surface area contributed by atoms with E-state index in [9.17, 15) is 0 Å². The second-order valence-corrected chi connectivity index (χ2v) is 7.60. The fourth-order valence-corrected chi connectivity index (χ4v) is 3.87. The van der Waals surface area contributed by atoms with E-state index in [0.29, 0.717) is 18.4 Å². The molecule has 2 unspecified atom stereocenters. The second kappa shape index (κ2) is 5.56. The molecule has 1 aromatic rings. The molecule has 4 rings (SSSR count). The molecule has 3 aliphatic carbocycles. The van der Waals surface area contributed by atoms with Crippen molar-refractivity contribution in [1.82, 2.24) is 15.5 Å². The van der Waals surface area contributed by atoms with E-state index >= 15 is 0 Å². The number of hydrogen-bond donors (Lipinski definition) is 1. The minimum Gasteiger partial charge on any atom is -0.339 e. The molecule has 0 amide bonds. The number of nitrogens with one attached hydrogen (secondary N) is 1. The molecule has 0 saturated heterocycles. The lowest BCUT2D eigenvalue weighted by Gasteiger charge is -2.43. The Balaban J connectivity index is 1.63. The Hall–Kier alpha value is -1.16. The predicted molar refractivity (Wildman–Crippen MR) is 82.8 cm³/mol. The molecule has 0 radical (unpaired) electrons. The summed E-state index contributed by atoms with van der Waals surface area (Å²) in [6.45, 7) is 9.52. The van der Waals surface area contributed by atoms with E-state index in [4.69, 9.17) is 4.52 Å². The Morgan fingerprint density at radius 3 is 2.81 bits per heavy atom. The van der Waals surface area contributed by atoms with Crippen molar-refractivity contribution in [2.45, 2.75) is 71.4 Å². The van der Waals surface area contributed by atoms with Gasteiger partial charge in [0.1, 0.15) is 0 Å². The van der Waals surface area contributed by atoms with Gasteiger partial charge in [0.25, 0.3) is 0 Å². The smallest absolute Gasteiger partial charge is 0.229 e. The van der Waals surface area contributed by atoms with Crippen LogP contribution in [0, 0.1) is 11.8 Å². The highest BCUT2D eigenvalue weighted by atomic mass is 16.5. The molecule has 1 N–H and O–H groups in total. The van der Waals surface area contributed by atoms with Crippen LogP contribution in [0.1, 0.15) is 71.0 Å². The molecule has 2 atom stereocenters. The van der Waals surface area contributed by atoms with Gasteiger partial charge in [-0.3, -0.25) is 0 Å². The Kier molecular flexibility index (Phi) is 3.91. The van der Waals surface area contributed by atoms with Crippen LogP contribution in [0.15, 0.2) is 16.2 Å². The summed E-state index contributed by atoms with van der Waals surface area (Å²) in [6.07, 6.45) is 7.54. The van der Waals surface area contributed by atoms with Gasteiger partial charge in [-0.1, -0.05) is 37.6 Å². The normalized spacial score (nSPS) is 32.3. The first-order valence-electron chi connectivity index (χ1n) is 8.20. The molecule has 116 valence electrons. The first-order chi connectivity index (χ1) is 9.93. The van der Waals surface area contributed by atoms with E-state index in [1.54, 1.807) is 5.57 Å². The van der Waals surface area contributed by atoms with Gasteiger partial charge in [-0.25, -0.2) is 0 Å². The summed E-state index contributed by atoms with van der Waals surface area (Å²) in [4.78, 5) is 4.46. The van der Waals surface area contributed by atoms with Gasteiger partial charge < -0.3 is 9.84 Å². The molecule has 1 fully saturated rings. The summed E-state index contributed by atoms with van der Waals surface area (Å²) in [5.74, 6) is 3.31. The molecule has 4 heteroatoms. The lowest BCUT2D eigenvalue weighted by molar-refractivity contribution is 0.198. The molecule has 4 nitrogen and oxygen atoms in total. The van der Waals surface area contributed by atoms with E-state index in [1.165, 1.54) is 25.7 Å². The van der Waals surface area contributed by atoms with Gasteiger partial charge in [-0.2, -0.15) is 4.98 Å². The highest BCUT2D eigenvalue weighted by Gasteiger charge is 2.36. The Morgan fingerprint density at radius 2 is 2.14 bits per heavy atom. The summed E-state index contributed by atoms with van der Waals surface area (Å²) in [6, 6.07) is 0. The zero-order chi connectivity index (χ0) is 15.0. The van der Waals surface area contributed by atoms with Crippen molar-refractivity contribution in [3.05, 3.63) is 23.4 Å². The zero-order valence-corrected chi connectivity index (χ0v) is 13.6. The van der Waals surface area contributed by atoms with E-state index in [2.05, 4.69) is 49.2 Å². The van der Waals surface area contributed by atoms with E-state index < -0.39 is 0 Å². The molecule has 0 spiro atoms. The van der Waals surface area contributed by atoms with Crippen molar-refractivity contribution in [3.63, 3.8) is 0 Å². The van der Waals surface area contributed by atoms with Crippen molar-refractivity contribution >= 4 is 0 Å². The number of aromatic nitrogens is 2. The minimum atomic E-state index is 0.172. The van der Waals surface area contributed by atoms with Crippen LogP contribution in [-0.4, -0.2) is 15.7 Å². The third-order valence-electron chi connectivity index (χ3n) is 4.78. The topological polar surface area (TPSA) is 51.0 Å². The van der Waals surface area contributed by atoms with Gasteiger partial charge in [-0.15, -0.1) is 0 Å². The molecule has 1 heterocycles. The zero-order valence-electron chi connectivity index (χ0n) is 13.6. The third kappa shape index (κ3) is 3.37. The molecular formula is C17H27N3O. The number of rotatable bonds is 4. The van der Waals surface area contributed by atoms with Crippen LogP contribution in [0.5, 0.6) is 0 Å². The van der Waals surface area contributed by atoms with Crippen molar-refractivity contribution in [2.24, 2.45) is 11.8 Å². The van der Waals surface area contributed by atoms with Gasteiger partial charge in [0.2, 0.25) is 5.89 Å². The van der Waals surface area contributed by atoms with Crippen molar-refractivity contribution in [2.75, 3.05) is 0 Å². The number of hydrogen-bond acceptors (Lipinski definition) is 4. The predicted octanol–water partition coefficient (Wildman–Crippen LogP) is 3.81. The highest BCUT2D eigenvalue weighted by Crippen LogP contribution is 2.43. The van der Waals surface area contributed by atoms with Crippen molar-refractivity contribution < 1.29 is 4.52 Å². The van der Waals surface area contributed by atoms with Crippen LogP contribution in [0.4, 0.5) is 0 Å². The summed E-state index contributed by atoms with van der Waals surface area (Å²) >= 11 is 0. The molecule has 3 aliphatic rings. The monoisotopic (exact) mass is 289 g/mol. The van der Waals surface area contributed by atoms with Gasteiger partial charge in [0.05, 0.1) is 6.54 Å². The summed E-state index contributed by atoms with van der Waals surface area (Å²) in [5.41, 5.74) is 1.85. The van der Waals surface area contributed by atoms with Crippen LogP contribution in [0.2, 0.25) is 0 Å². The first kappa shape index (κ1) is 14.8. The summed E-state index contributed by atoms with van der Waals surface area (Å²) in [5, 5.41) is 7.79. The molecule has 1 saturated carbocycles. The maximum absolute atomic E-state index is 5.28. The van der Waals surface area contributed by atoms with E-state index in [0.717, 1.165) is 17.6 Å². The quantitative estimate of drug-likeness (QED) is 0.856. The second-order valence-electron chi connectivity index (χ2n) is 7.60. The highest BCUT2D eigenvalue weighted by molar-refractivity contribution is 5.18. The van der Waals surface area contributed by atoms with Crippen LogP contribution < -0.4 is 5.32 Å². The van der Waals surface area contributed by atoms with Crippen LogP contribution in [-0.2, 0) is 6.54 Å². The average molecular weight is 289 g/mol. The molecule has 0 aliphatic heterocycles. The van der Waals surface area contributed by atoms with Crippen LogP contribution in [0.3, 0.4) is 0 Å². The van der Waals surface area contributed by atoms with Crippen molar-refractivity contribution in [3.8, 4) is 0 Å². The molecular weight excluding hydrogens is 262 g/mol. The number of allylic oxidation sites excluding steroid dienone is 2. The lowest BCUT2D eigenvalue weighted by Crippen LogP contribution is -2.47. The third-order valence-corrected chi connectivity index (χ3v) is 4.78. The fraction of sp³-hybridized carbons (Fsp3) is 0.765. The molecule has 1 aromatic heterocycles. The Labute approximate surface area is 127 Å². The van der Waals surface area contributed by atoms with Crippen LogP contribution >= 0.6 is 0 Å². The maximum Gasteiger partial charge on any atom is 0.229 e. The van der Waals surface area contributed by atoms with Gasteiger partial charge in [0.15, 0.2) is 5.82 Å². The van der Waals surface area contributed by atoms with Gasteiger partial charge in [0, 0.05) is 11.5 Å². The summed E-state index contributed by atoms with van der Waals surface area (Å²) in [7, 11) is 0. The summed E-state index contributed by atoms with van der Waals surface area (Å²) < 4.78 is 5.28. The minimum absolute atomic E-state index is 0.172. The van der Waals surface area contributed by atoms with Gasteiger partial charge >= 0.3 is 0 Å². The molecule has 0 aromatic carbocycles. The van der Waals surface area contributed by atoms with Crippen molar-refractivity contribution in [1.29, 1.82) is 0 Å². The number of nitrogens with zero attached hydrogens (tertiary/aromatic N) is 2. The average Bonchev–Trinajstić information content (AvgIpc) is 2.80. The Morgan fingerprint density at radius 1 is 1.38 bits per heavy atom. The molecule has 21 heavy (non-hydrogen) atoms. The first-order valence-corrected chi connectivity index (χ1v) is 8.20. The van der Waals surface area contributed by atoms with Gasteiger partial charge in [-0.05, 0) is 44.4 Å². The standard InChI is InChI=1S/C17H27N3O/c1-11(2)16-19-15(20-21-16)10-18-17(4)8-12(3)5-13-6-14(7-13)9-17/h5,11-12,14,18H,6-10H2,1-4H3. The maximum atomic E-state index is 5.28.